The molecule has 7 nitrogen and oxygen atoms in total. The van der Waals surface area contributed by atoms with Crippen LogP contribution >= 0.6 is 0 Å². The van der Waals surface area contributed by atoms with Crippen molar-refractivity contribution in [2.75, 3.05) is 7.05 Å². The lowest BCUT2D eigenvalue weighted by molar-refractivity contribution is 0.236. The molecule has 0 aliphatic carbocycles. The van der Waals surface area contributed by atoms with Gasteiger partial charge in [0.25, 0.3) is 0 Å². The maximum Gasteiger partial charge on any atom is 0.316 e. The largest absolute Gasteiger partial charge is 0.334 e. The summed E-state index contributed by atoms with van der Waals surface area (Å²) in [6, 6.07) is 6.78. The molecule has 1 atom stereocenters. The van der Waals surface area contributed by atoms with Crippen LogP contribution in [-0.4, -0.2) is 19.2 Å². The van der Waals surface area contributed by atoms with E-state index in [9.17, 15) is 4.79 Å². The minimum atomic E-state index is -0.258. The summed E-state index contributed by atoms with van der Waals surface area (Å²) in [5.74, 6) is 0. The number of benzene rings is 1. The van der Waals surface area contributed by atoms with E-state index in [0.29, 0.717) is 12.2 Å². The molecule has 18 heavy (non-hydrogen) atoms. The van der Waals surface area contributed by atoms with Gasteiger partial charge in [0.2, 0.25) is 0 Å². The van der Waals surface area contributed by atoms with Crippen molar-refractivity contribution in [2.45, 2.75) is 19.6 Å². The van der Waals surface area contributed by atoms with Crippen LogP contribution in [0.1, 0.15) is 12.5 Å². The molecule has 0 saturated heterocycles. The Morgan fingerprint density at radius 1 is 1.56 bits per heavy atom. The third-order valence-electron chi connectivity index (χ3n) is 2.30. The molecule has 3 N–H and O–H groups in total. The highest BCUT2D eigenvalue weighted by atomic mass is 16.2. The molecule has 0 aromatic heterocycles. The van der Waals surface area contributed by atoms with E-state index in [-0.39, 0.29) is 12.2 Å². The van der Waals surface area contributed by atoms with Crippen molar-refractivity contribution in [3.63, 3.8) is 0 Å². The summed E-state index contributed by atoms with van der Waals surface area (Å²) in [5.41, 5.74) is 9.72. The van der Waals surface area contributed by atoms with Gasteiger partial charge in [-0.15, -0.1) is 0 Å². The maximum absolute atomic E-state index is 11.5. The average molecular weight is 248 g/mol. The minimum absolute atomic E-state index is 0.0977. The van der Waals surface area contributed by atoms with Gasteiger partial charge in [-0.1, -0.05) is 23.3 Å². The maximum atomic E-state index is 11.5. The van der Waals surface area contributed by atoms with Crippen LogP contribution in [0.3, 0.4) is 0 Å². The van der Waals surface area contributed by atoms with Crippen LogP contribution < -0.4 is 16.0 Å². The number of carbonyl (C=O) groups excluding carboxylic acids is 1. The van der Waals surface area contributed by atoms with Crippen molar-refractivity contribution in [1.82, 2.24) is 16.0 Å². The second-order valence-electron chi connectivity index (χ2n) is 3.70. The van der Waals surface area contributed by atoms with Gasteiger partial charge in [-0.2, -0.15) is 0 Å². The number of urea groups is 1. The SMILES string of the molecule is CNC(C)NC(=O)NCc1cccc(N=[N+]=[N-])c1. The highest BCUT2D eigenvalue weighted by Crippen LogP contribution is 2.13. The first-order valence-electron chi connectivity index (χ1n) is 5.51. The van der Waals surface area contributed by atoms with Crippen LogP contribution in [-0.2, 0) is 6.54 Å². The molecular weight excluding hydrogens is 232 g/mol. The summed E-state index contributed by atoms with van der Waals surface area (Å²) in [5, 5.41) is 11.8. The van der Waals surface area contributed by atoms with Gasteiger partial charge >= 0.3 is 6.03 Å². The lowest BCUT2D eigenvalue weighted by Crippen LogP contribution is -2.46. The van der Waals surface area contributed by atoms with Crippen molar-refractivity contribution in [3.05, 3.63) is 40.3 Å². The van der Waals surface area contributed by atoms with Gasteiger partial charge in [0.05, 0.1) is 6.17 Å². The Morgan fingerprint density at radius 3 is 3.00 bits per heavy atom. The van der Waals surface area contributed by atoms with Crippen LogP contribution in [0.4, 0.5) is 10.5 Å². The molecule has 96 valence electrons. The first-order valence-corrected chi connectivity index (χ1v) is 5.51. The van der Waals surface area contributed by atoms with E-state index in [1.54, 1.807) is 25.2 Å². The molecule has 1 aromatic carbocycles. The number of nitrogens with one attached hydrogen (secondary N) is 3. The first-order chi connectivity index (χ1) is 8.65. The fraction of sp³-hybridized carbons (Fsp3) is 0.364. The molecule has 1 rings (SSSR count). The number of hydrogen-bond acceptors (Lipinski definition) is 3. The molecule has 2 amide bonds. The van der Waals surface area contributed by atoms with Crippen LogP contribution in [0, 0.1) is 0 Å². The summed E-state index contributed by atoms with van der Waals surface area (Å²) in [6.45, 7) is 2.21. The van der Waals surface area contributed by atoms with Gasteiger partial charge in [-0.3, -0.25) is 0 Å². The molecule has 0 bridgehead atoms. The monoisotopic (exact) mass is 248 g/mol. The normalized spacial score (nSPS) is 11.2. The molecule has 0 aliphatic rings. The van der Waals surface area contributed by atoms with E-state index in [2.05, 4.69) is 26.0 Å². The molecule has 0 saturated carbocycles. The Kier molecular flexibility index (Phi) is 5.50. The Balaban J connectivity index is 2.50. The zero-order chi connectivity index (χ0) is 13.4. The molecular formula is C11H16N6O. The molecule has 7 heteroatoms. The summed E-state index contributed by atoms with van der Waals surface area (Å²) >= 11 is 0. The van der Waals surface area contributed by atoms with Crippen molar-refractivity contribution < 1.29 is 4.79 Å². The predicted octanol–water partition coefficient (Wildman–Crippen LogP) is 1.99. The van der Waals surface area contributed by atoms with Crippen LogP contribution in [0.15, 0.2) is 29.4 Å². The predicted molar refractivity (Wildman–Crippen MR) is 69.1 cm³/mol. The van der Waals surface area contributed by atoms with E-state index >= 15 is 0 Å². The fourth-order valence-corrected chi connectivity index (χ4v) is 1.28. The smallest absolute Gasteiger partial charge is 0.316 e. The molecule has 0 fully saturated rings. The Labute approximate surface area is 105 Å². The standard InChI is InChI=1S/C11H16N6O/c1-8(13-2)15-11(18)14-7-9-4-3-5-10(6-9)16-17-12/h3-6,8,13H,7H2,1-2H3,(H2,14,15,18). The van der Waals surface area contributed by atoms with E-state index < -0.39 is 0 Å². The van der Waals surface area contributed by atoms with Crippen molar-refractivity contribution >= 4 is 11.7 Å². The molecule has 1 unspecified atom stereocenters. The minimum Gasteiger partial charge on any atom is -0.334 e. The zero-order valence-corrected chi connectivity index (χ0v) is 10.3. The Hall–Kier alpha value is -2.24. The lowest BCUT2D eigenvalue weighted by Gasteiger charge is -2.13. The number of rotatable bonds is 5. The third kappa shape index (κ3) is 4.73. The summed E-state index contributed by atoms with van der Waals surface area (Å²) in [6.07, 6.45) is -0.0977. The van der Waals surface area contributed by atoms with E-state index in [0.717, 1.165) is 5.56 Å². The second kappa shape index (κ2) is 7.16. The highest BCUT2D eigenvalue weighted by Gasteiger charge is 2.03. The number of amides is 2. The summed E-state index contributed by atoms with van der Waals surface area (Å²) in [4.78, 5) is 14.2. The highest BCUT2D eigenvalue weighted by molar-refractivity contribution is 5.74. The van der Waals surface area contributed by atoms with Crippen molar-refractivity contribution in [3.8, 4) is 0 Å². The fourth-order valence-electron chi connectivity index (χ4n) is 1.28. The van der Waals surface area contributed by atoms with Crippen molar-refractivity contribution in [2.24, 2.45) is 5.11 Å². The molecule has 0 radical (unpaired) electrons. The summed E-state index contributed by atoms with van der Waals surface area (Å²) < 4.78 is 0. The quantitative estimate of drug-likeness (QED) is 0.321. The molecule has 0 aliphatic heterocycles. The zero-order valence-electron chi connectivity index (χ0n) is 10.3. The topological polar surface area (TPSA) is 102 Å². The van der Waals surface area contributed by atoms with Gasteiger partial charge in [-0.25, -0.2) is 4.79 Å². The van der Waals surface area contributed by atoms with Crippen LogP contribution in [0.2, 0.25) is 0 Å². The van der Waals surface area contributed by atoms with E-state index in [4.69, 9.17) is 5.53 Å². The second-order valence-corrected chi connectivity index (χ2v) is 3.70. The van der Waals surface area contributed by atoms with Gasteiger partial charge in [0, 0.05) is 17.1 Å². The average Bonchev–Trinajstić information content (AvgIpc) is 2.37. The summed E-state index contributed by atoms with van der Waals surface area (Å²) in [7, 11) is 1.76. The van der Waals surface area contributed by atoms with Gasteiger partial charge in [-0.05, 0) is 31.1 Å². The number of azide groups is 1. The van der Waals surface area contributed by atoms with E-state index in [1.807, 2.05) is 13.0 Å². The molecule has 0 spiro atoms. The number of carbonyl (C=O) groups is 1. The van der Waals surface area contributed by atoms with Gasteiger partial charge in [0.1, 0.15) is 0 Å². The van der Waals surface area contributed by atoms with Crippen LogP contribution in [0.5, 0.6) is 0 Å². The number of hydrogen-bond donors (Lipinski definition) is 3. The van der Waals surface area contributed by atoms with Gasteiger partial charge in [0.15, 0.2) is 0 Å². The lowest BCUT2D eigenvalue weighted by atomic mass is 10.2. The Bertz CT molecular complexity index is 455. The number of nitrogens with zero attached hydrogens (tertiary/aromatic N) is 3. The van der Waals surface area contributed by atoms with Crippen molar-refractivity contribution in [1.29, 1.82) is 0 Å². The molecule has 0 heterocycles. The first kappa shape index (κ1) is 13.8. The van der Waals surface area contributed by atoms with Crippen LogP contribution in [0.25, 0.3) is 10.4 Å². The third-order valence-corrected chi connectivity index (χ3v) is 2.30. The van der Waals surface area contributed by atoms with E-state index in [1.165, 1.54) is 0 Å². The molecule has 1 aromatic rings. The van der Waals surface area contributed by atoms with Gasteiger partial charge < -0.3 is 16.0 Å². The Morgan fingerprint density at radius 2 is 2.33 bits per heavy atom.